The SMILES string of the molecule is CNS(=O)(=O)c1ccc2c(c1)N(Cc1ccc(CO)cc1)CC2. The van der Waals surface area contributed by atoms with Crippen LogP contribution in [0.2, 0.25) is 0 Å². The van der Waals surface area contributed by atoms with Gasteiger partial charge in [-0.2, -0.15) is 0 Å². The van der Waals surface area contributed by atoms with Crippen molar-refractivity contribution in [3.63, 3.8) is 0 Å². The number of rotatable bonds is 5. The smallest absolute Gasteiger partial charge is 0.240 e. The van der Waals surface area contributed by atoms with Gasteiger partial charge in [-0.25, -0.2) is 13.1 Å². The second-order valence-electron chi connectivity index (χ2n) is 5.64. The number of benzene rings is 2. The van der Waals surface area contributed by atoms with Crippen LogP contribution in [0.15, 0.2) is 47.4 Å². The van der Waals surface area contributed by atoms with Gasteiger partial charge < -0.3 is 10.0 Å². The van der Waals surface area contributed by atoms with Crippen LogP contribution >= 0.6 is 0 Å². The Morgan fingerprint density at radius 1 is 1.13 bits per heavy atom. The van der Waals surface area contributed by atoms with Crippen LogP contribution in [0.25, 0.3) is 0 Å². The van der Waals surface area contributed by atoms with Gasteiger partial charge in [-0.3, -0.25) is 0 Å². The van der Waals surface area contributed by atoms with E-state index in [0.29, 0.717) is 4.90 Å². The van der Waals surface area contributed by atoms with E-state index in [-0.39, 0.29) is 6.61 Å². The maximum absolute atomic E-state index is 12.0. The first-order valence-electron chi connectivity index (χ1n) is 7.53. The van der Waals surface area contributed by atoms with Gasteiger partial charge in [0.1, 0.15) is 0 Å². The fourth-order valence-corrected chi connectivity index (χ4v) is 3.59. The molecular weight excluding hydrogens is 312 g/mol. The first-order valence-corrected chi connectivity index (χ1v) is 9.02. The van der Waals surface area contributed by atoms with E-state index in [0.717, 1.165) is 36.3 Å². The molecule has 5 nitrogen and oxygen atoms in total. The van der Waals surface area contributed by atoms with Crippen LogP contribution in [-0.2, 0) is 29.6 Å². The highest BCUT2D eigenvalue weighted by Crippen LogP contribution is 2.31. The predicted octanol–water partition coefficient (Wildman–Crippen LogP) is 1.65. The zero-order chi connectivity index (χ0) is 16.4. The standard InChI is InChI=1S/C17H20N2O3S/c1-18-23(21,22)16-7-6-15-8-9-19(17(15)10-16)11-13-2-4-14(12-20)5-3-13/h2-7,10,18,20H,8-9,11-12H2,1H3. The molecule has 2 N–H and O–H groups in total. The molecule has 3 rings (SSSR count). The second-order valence-corrected chi connectivity index (χ2v) is 7.53. The third kappa shape index (κ3) is 3.24. The average Bonchev–Trinajstić information content (AvgIpc) is 2.98. The van der Waals surface area contributed by atoms with Crippen LogP contribution < -0.4 is 9.62 Å². The number of aliphatic hydroxyl groups excluding tert-OH is 1. The van der Waals surface area contributed by atoms with E-state index in [1.165, 1.54) is 12.6 Å². The Morgan fingerprint density at radius 2 is 1.83 bits per heavy atom. The lowest BCUT2D eigenvalue weighted by molar-refractivity contribution is 0.282. The Bertz CT molecular complexity index is 801. The third-order valence-corrected chi connectivity index (χ3v) is 5.62. The highest BCUT2D eigenvalue weighted by Gasteiger charge is 2.22. The topological polar surface area (TPSA) is 69.6 Å². The van der Waals surface area contributed by atoms with Gasteiger partial charge in [0.25, 0.3) is 0 Å². The van der Waals surface area contributed by atoms with Crippen LogP contribution in [0.5, 0.6) is 0 Å². The lowest BCUT2D eigenvalue weighted by Crippen LogP contribution is -2.21. The summed E-state index contributed by atoms with van der Waals surface area (Å²) in [4.78, 5) is 2.49. The molecule has 2 aromatic carbocycles. The molecule has 2 aromatic rings. The van der Waals surface area contributed by atoms with Crippen LogP contribution in [0.3, 0.4) is 0 Å². The number of fused-ring (bicyclic) bond motifs is 1. The number of hydrogen-bond acceptors (Lipinski definition) is 4. The van der Waals surface area contributed by atoms with Crippen molar-refractivity contribution >= 4 is 15.7 Å². The molecule has 1 aliphatic rings. The number of anilines is 1. The largest absolute Gasteiger partial charge is 0.392 e. The zero-order valence-electron chi connectivity index (χ0n) is 13.0. The summed E-state index contributed by atoms with van der Waals surface area (Å²) in [5, 5.41) is 9.10. The Morgan fingerprint density at radius 3 is 2.48 bits per heavy atom. The molecule has 1 heterocycles. The van der Waals surface area contributed by atoms with Crippen LogP contribution in [0.4, 0.5) is 5.69 Å². The number of aliphatic hydroxyl groups is 1. The van der Waals surface area contributed by atoms with Gasteiger partial charge in [-0.15, -0.1) is 0 Å². The summed E-state index contributed by atoms with van der Waals surface area (Å²) in [6.45, 7) is 1.64. The summed E-state index contributed by atoms with van der Waals surface area (Å²) >= 11 is 0. The highest BCUT2D eigenvalue weighted by molar-refractivity contribution is 7.89. The van der Waals surface area contributed by atoms with Gasteiger partial charge in [0.2, 0.25) is 10.0 Å². The summed E-state index contributed by atoms with van der Waals surface area (Å²) in [6.07, 6.45) is 0.921. The molecular formula is C17H20N2O3S. The van der Waals surface area contributed by atoms with E-state index in [1.54, 1.807) is 12.1 Å². The average molecular weight is 332 g/mol. The van der Waals surface area contributed by atoms with E-state index >= 15 is 0 Å². The molecule has 23 heavy (non-hydrogen) atoms. The molecule has 0 spiro atoms. The maximum atomic E-state index is 12.0. The maximum Gasteiger partial charge on any atom is 0.240 e. The van der Waals surface area contributed by atoms with Gasteiger partial charge in [-0.05, 0) is 42.3 Å². The number of nitrogens with zero attached hydrogens (tertiary/aromatic N) is 1. The van der Waals surface area contributed by atoms with Gasteiger partial charge in [-0.1, -0.05) is 30.3 Å². The third-order valence-electron chi connectivity index (χ3n) is 4.21. The minimum atomic E-state index is -3.43. The van der Waals surface area contributed by atoms with E-state index in [2.05, 4.69) is 9.62 Å². The molecule has 0 aromatic heterocycles. The summed E-state index contributed by atoms with van der Waals surface area (Å²) in [5.74, 6) is 0. The Balaban J connectivity index is 1.86. The van der Waals surface area contributed by atoms with Crippen molar-refractivity contribution in [2.75, 3.05) is 18.5 Å². The van der Waals surface area contributed by atoms with E-state index in [9.17, 15) is 8.42 Å². The minimum absolute atomic E-state index is 0.0397. The summed E-state index contributed by atoms with van der Waals surface area (Å²) in [5.41, 5.74) is 4.18. The van der Waals surface area contributed by atoms with E-state index < -0.39 is 10.0 Å². The van der Waals surface area contributed by atoms with Crippen LogP contribution in [0, 0.1) is 0 Å². The van der Waals surface area contributed by atoms with Gasteiger partial charge in [0.05, 0.1) is 11.5 Å². The van der Waals surface area contributed by atoms with Crippen molar-refractivity contribution in [2.45, 2.75) is 24.5 Å². The quantitative estimate of drug-likeness (QED) is 0.873. The number of hydrogen-bond donors (Lipinski definition) is 2. The molecule has 6 heteroatoms. The molecule has 0 atom stereocenters. The lowest BCUT2D eigenvalue weighted by Gasteiger charge is -2.20. The number of nitrogens with one attached hydrogen (secondary N) is 1. The fraction of sp³-hybridized carbons (Fsp3) is 0.294. The predicted molar refractivity (Wildman–Crippen MR) is 89.8 cm³/mol. The van der Waals surface area contributed by atoms with Crippen molar-refractivity contribution in [3.05, 3.63) is 59.2 Å². The van der Waals surface area contributed by atoms with Gasteiger partial charge >= 0.3 is 0 Å². The van der Waals surface area contributed by atoms with Crippen LogP contribution in [-0.4, -0.2) is 27.1 Å². The first kappa shape index (κ1) is 16.0. The Hall–Kier alpha value is -1.89. The van der Waals surface area contributed by atoms with Crippen molar-refractivity contribution < 1.29 is 13.5 Å². The van der Waals surface area contributed by atoms with E-state index in [1.807, 2.05) is 30.3 Å². The molecule has 0 saturated carbocycles. The van der Waals surface area contributed by atoms with Crippen molar-refractivity contribution in [1.29, 1.82) is 0 Å². The molecule has 0 unspecified atom stereocenters. The summed E-state index contributed by atoms with van der Waals surface area (Å²) in [7, 11) is -2.01. The monoisotopic (exact) mass is 332 g/mol. The first-order chi connectivity index (χ1) is 11.0. The molecule has 0 bridgehead atoms. The summed E-state index contributed by atoms with van der Waals surface area (Å²) in [6, 6.07) is 13.1. The Labute approximate surface area is 136 Å². The highest BCUT2D eigenvalue weighted by atomic mass is 32.2. The van der Waals surface area contributed by atoms with Crippen molar-refractivity contribution in [2.24, 2.45) is 0 Å². The van der Waals surface area contributed by atoms with Crippen LogP contribution in [0.1, 0.15) is 16.7 Å². The molecule has 0 amide bonds. The molecule has 122 valence electrons. The number of sulfonamides is 1. The normalized spacial score (nSPS) is 14.1. The second kappa shape index (κ2) is 6.31. The molecule has 0 fully saturated rings. The van der Waals surface area contributed by atoms with Gasteiger partial charge in [0.15, 0.2) is 0 Å². The Kier molecular flexibility index (Phi) is 4.39. The minimum Gasteiger partial charge on any atom is -0.392 e. The lowest BCUT2D eigenvalue weighted by atomic mass is 10.1. The fourth-order valence-electron chi connectivity index (χ4n) is 2.85. The zero-order valence-corrected chi connectivity index (χ0v) is 13.8. The molecule has 0 aliphatic carbocycles. The van der Waals surface area contributed by atoms with Crippen molar-refractivity contribution in [1.82, 2.24) is 4.72 Å². The van der Waals surface area contributed by atoms with Gasteiger partial charge in [0, 0.05) is 18.8 Å². The molecule has 1 aliphatic heterocycles. The summed E-state index contributed by atoms with van der Waals surface area (Å²) < 4.78 is 26.3. The van der Waals surface area contributed by atoms with Crippen molar-refractivity contribution in [3.8, 4) is 0 Å². The molecule has 0 radical (unpaired) electrons. The molecule has 0 saturated heterocycles. The van der Waals surface area contributed by atoms with E-state index in [4.69, 9.17) is 5.11 Å².